The minimum atomic E-state index is 0.0571. The quantitative estimate of drug-likeness (QED) is 0.821. The van der Waals surface area contributed by atoms with Crippen molar-refractivity contribution < 1.29 is 4.52 Å². The van der Waals surface area contributed by atoms with Crippen molar-refractivity contribution >= 4 is 11.8 Å². The van der Waals surface area contributed by atoms with Crippen molar-refractivity contribution in [1.29, 1.82) is 0 Å². The standard InChI is InChI=1S/C9H13N5OS/c1-4-7-11-9(13-12-7)16-5(2)8-10-6(3)14-15-8/h5H,4H2,1-3H3,(H,11,12,13)/t5-/m1/s1. The summed E-state index contributed by atoms with van der Waals surface area (Å²) in [5, 5.41) is 11.5. The van der Waals surface area contributed by atoms with Crippen molar-refractivity contribution in [2.45, 2.75) is 37.6 Å². The highest BCUT2D eigenvalue weighted by molar-refractivity contribution is 7.99. The number of rotatable bonds is 4. The molecule has 0 aliphatic rings. The van der Waals surface area contributed by atoms with Gasteiger partial charge in [-0.05, 0) is 13.8 Å². The Hall–Kier alpha value is -1.37. The highest BCUT2D eigenvalue weighted by Crippen LogP contribution is 2.31. The second kappa shape index (κ2) is 4.65. The predicted molar refractivity (Wildman–Crippen MR) is 59.1 cm³/mol. The molecule has 0 aliphatic carbocycles. The van der Waals surface area contributed by atoms with E-state index in [2.05, 4.69) is 25.3 Å². The Kier molecular flexibility index (Phi) is 3.23. The lowest BCUT2D eigenvalue weighted by molar-refractivity contribution is 0.376. The number of aromatic amines is 1. The molecule has 0 unspecified atom stereocenters. The van der Waals surface area contributed by atoms with Gasteiger partial charge in [0.05, 0.1) is 5.25 Å². The van der Waals surface area contributed by atoms with Crippen LogP contribution in [-0.4, -0.2) is 25.3 Å². The molecule has 1 atom stereocenters. The van der Waals surface area contributed by atoms with E-state index < -0.39 is 0 Å². The van der Waals surface area contributed by atoms with E-state index in [4.69, 9.17) is 4.52 Å². The summed E-state index contributed by atoms with van der Waals surface area (Å²) >= 11 is 1.50. The molecule has 0 fully saturated rings. The molecule has 2 rings (SSSR count). The molecule has 0 radical (unpaired) electrons. The highest BCUT2D eigenvalue weighted by atomic mass is 32.2. The average molecular weight is 239 g/mol. The van der Waals surface area contributed by atoms with E-state index in [-0.39, 0.29) is 5.25 Å². The molecule has 86 valence electrons. The third-order valence-electron chi connectivity index (χ3n) is 2.02. The first-order valence-electron chi connectivity index (χ1n) is 5.07. The summed E-state index contributed by atoms with van der Waals surface area (Å²) in [6, 6.07) is 0. The molecule has 0 saturated heterocycles. The molecule has 1 N–H and O–H groups in total. The van der Waals surface area contributed by atoms with E-state index in [9.17, 15) is 0 Å². The largest absolute Gasteiger partial charge is 0.338 e. The Morgan fingerprint density at radius 2 is 2.25 bits per heavy atom. The van der Waals surface area contributed by atoms with E-state index in [1.54, 1.807) is 6.92 Å². The van der Waals surface area contributed by atoms with Crippen molar-refractivity contribution in [3.8, 4) is 0 Å². The molecular weight excluding hydrogens is 226 g/mol. The summed E-state index contributed by atoms with van der Waals surface area (Å²) < 4.78 is 5.08. The highest BCUT2D eigenvalue weighted by Gasteiger charge is 2.16. The Morgan fingerprint density at radius 3 is 2.81 bits per heavy atom. The number of nitrogens with one attached hydrogen (secondary N) is 1. The van der Waals surface area contributed by atoms with Crippen molar-refractivity contribution in [2.24, 2.45) is 0 Å². The summed E-state index contributed by atoms with van der Waals surface area (Å²) in [6.07, 6.45) is 0.849. The third-order valence-corrected chi connectivity index (χ3v) is 2.97. The number of nitrogens with zero attached hydrogens (tertiary/aromatic N) is 4. The van der Waals surface area contributed by atoms with Crippen LogP contribution in [0.3, 0.4) is 0 Å². The molecule has 0 aliphatic heterocycles. The second-order valence-corrected chi connectivity index (χ2v) is 4.67. The lowest BCUT2D eigenvalue weighted by atomic mass is 10.5. The molecule has 0 spiro atoms. The van der Waals surface area contributed by atoms with E-state index in [0.717, 1.165) is 12.2 Å². The minimum absolute atomic E-state index is 0.0571. The van der Waals surface area contributed by atoms with Gasteiger partial charge in [-0.15, -0.1) is 5.10 Å². The Bertz CT molecular complexity index is 466. The van der Waals surface area contributed by atoms with E-state index in [1.807, 2.05) is 13.8 Å². The van der Waals surface area contributed by atoms with Crippen LogP contribution in [0.2, 0.25) is 0 Å². The zero-order valence-corrected chi connectivity index (χ0v) is 10.2. The van der Waals surface area contributed by atoms with E-state index in [0.29, 0.717) is 16.9 Å². The van der Waals surface area contributed by atoms with Gasteiger partial charge in [-0.3, -0.25) is 5.10 Å². The summed E-state index contributed by atoms with van der Waals surface area (Å²) in [7, 11) is 0. The minimum Gasteiger partial charge on any atom is -0.338 e. The van der Waals surface area contributed by atoms with Crippen LogP contribution < -0.4 is 0 Å². The van der Waals surface area contributed by atoms with Crippen LogP contribution >= 0.6 is 11.8 Å². The smallest absolute Gasteiger partial charge is 0.239 e. The first-order chi connectivity index (χ1) is 7.69. The number of hydrogen-bond donors (Lipinski definition) is 1. The van der Waals surface area contributed by atoms with Crippen molar-refractivity contribution in [3.05, 3.63) is 17.5 Å². The summed E-state index contributed by atoms with van der Waals surface area (Å²) in [5.74, 6) is 2.13. The van der Waals surface area contributed by atoms with Crippen molar-refractivity contribution in [1.82, 2.24) is 25.3 Å². The number of H-pyrrole nitrogens is 1. The molecule has 2 aromatic rings. The maximum Gasteiger partial charge on any atom is 0.239 e. The molecular formula is C9H13N5OS. The molecule has 7 heteroatoms. The van der Waals surface area contributed by atoms with Crippen LogP contribution in [0.15, 0.2) is 9.68 Å². The van der Waals surface area contributed by atoms with Crippen LogP contribution in [0.1, 0.15) is 36.6 Å². The van der Waals surface area contributed by atoms with Gasteiger partial charge in [0, 0.05) is 6.42 Å². The molecule has 6 nitrogen and oxygen atoms in total. The molecule has 2 aromatic heterocycles. The van der Waals surface area contributed by atoms with Gasteiger partial charge in [-0.25, -0.2) is 4.98 Å². The van der Waals surface area contributed by atoms with Gasteiger partial charge in [-0.1, -0.05) is 23.8 Å². The fourth-order valence-corrected chi connectivity index (χ4v) is 1.95. The maximum atomic E-state index is 5.08. The number of hydrogen-bond acceptors (Lipinski definition) is 6. The Balaban J connectivity index is 2.04. The van der Waals surface area contributed by atoms with E-state index >= 15 is 0 Å². The first-order valence-corrected chi connectivity index (χ1v) is 5.95. The zero-order valence-electron chi connectivity index (χ0n) is 9.39. The summed E-state index contributed by atoms with van der Waals surface area (Å²) in [4.78, 5) is 8.48. The maximum absolute atomic E-state index is 5.08. The van der Waals surface area contributed by atoms with Gasteiger partial charge in [0.15, 0.2) is 5.82 Å². The average Bonchev–Trinajstić information content (AvgIpc) is 2.87. The number of aromatic nitrogens is 5. The van der Waals surface area contributed by atoms with Gasteiger partial charge in [0.1, 0.15) is 5.82 Å². The predicted octanol–water partition coefficient (Wildman–Crippen LogP) is 1.91. The van der Waals surface area contributed by atoms with Gasteiger partial charge >= 0.3 is 0 Å². The monoisotopic (exact) mass is 239 g/mol. The normalized spacial score (nSPS) is 12.9. The Labute approximate surface area is 97.2 Å². The zero-order chi connectivity index (χ0) is 11.5. The van der Waals surface area contributed by atoms with Crippen LogP contribution in [0.4, 0.5) is 0 Å². The number of aryl methyl sites for hydroxylation is 2. The lowest BCUT2D eigenvalue weighted by Crippen LogP contribution is -1.90. The van der Waals surface area contributed by atoms with Crippen LogP contribution in [0.5, 0.6) is 0 Å². The van der Waals surface area contributed by atoms with Gasteiger partial charge in [-0.2, -0.15) is 4.98 Å². The number of thioether (sulfide) groups is 1. The first kappa shape index (κ1) is 11.1. The van der Waals surface area contributed by atoms with Crippen molar-refractivity contribution in [3.63, 3.8) is 0 Å². The van der Waals surface area contributed by atoms with Crippen LogP contribution in [0.25, 0.3) is 0 Å². The van der Waals surface area contributed by atoms with Gasteiger partial charge in [0.2, 0.25) is 11.0 Å². The topological polar surface area (TPSA) is 80.5 Å². The fourth-order valence-electron chi connectivity index (χ4n) is 1.18. The lowest BCUT2D eigenvalue weighted by Gasteiger charge is -2.00. The molecule has 0 amide bonds. The van der Waals surface area contributed by atoms with Gasteiger partial charge < -0.3 is 4.52 Å². The fraction of sp³-hybridized carbons (Fsp3) is 0.556. The van der Waals surface area contributed by atoms with Crippen LogP contribution in [0, 0.1) is 6.92 Å². The molecule has 0 aromatic carbocycles. The molecule has 16 heavy (non-hydrogen) atoms. The molecule has 0 saturated carbocycles. The second-order valence-electron chi connectivity index (χ2n) is 3.36. The van der Waals surface area contributed by atoms with Gasteiger partial charge in [0.25, 0.3) is 0 Å². The van der Waals surface area contributed by atoms with Crippen molar-refractivity contribution in [2.75, 3.05) is 0 Å². The summed E-state index contributed by atoms with van der Waals surface area (Å²) in [5.41, 5.74) is 0. The van der Waals surface area contributed by atoms with E-state index in [1.165, 1.54) is 11.8 Å². The third kappa shape index (κ3) is 2.41. The summed E-state index contributed by atoms with van der Waals surface area (Å²) in [6.45, 7) is 5.81. The Morgan fingerprint density at radius 1 is 1.44 bits per heavy atom. The molecule has 2 heterocycles. The van der Waals surface area contributed by atoms with Crippen LogP contribution in [-0.2, 0) is 6.42 Å². The SMILES string of the molecule is CCc1nc(S[C@H](C)c2nc(C)no2)n[nH]1. The molecule has 0 bridgehead atoms.